The minimum atomic E-state index is 0.750. The number of nitrogens with one attached hydrogen (secondary N) is 1. The SMILES string of the molecule is CC(C)CCNc1ccc(Cl)cc1. The summed E-state index contributed by atoms with van der Waals surface area (Å²) < 4.78 is 0. The normalized spacial score (nSPS) is 10.5. The molecule has 1 aromatic carbocycles. The molecule has 0 saturated carbocycles. The molecule has 1 aromatic rings. The van der Waals surface area contributed by atoms with Gasteiger partial charge in [0.05, 0.1) is 0 Å². The molecule has 0 aliphatic rings. The lowest BCUT2D eigenvalue weighted by atomic mass is 10.1. The van der Waals surface area contributed by atoms with Gasteiger partial charge in [-0.15, -0.1) is 0 Å². The van der Waals surface area contributed by atoms with Crippen LogP contribution in [-0.4, -0.2) is 6.54 Å². The van der Waals surface area contributed by atoms with Crippen molar-refractivity contribution in [1.29, 1.82) is 0 Å². The van der Waals surface area contributed by atoms with Gasteiger partial charge in [-0.3, -0.25) is 0 Å². The van der Waals surface area contributed by atoms with Crippen molar-refractivity contribution in [3.05, 3.63) is 29.3 Å². The monoisotopic (exact) mass is 197 g/mol. The van der Waals surface area contributed by atoms with Crippen molar-refractivity contribution in [3.8, 4) is 0 Å². The highest BCUT2D eigenvalue weighted by Crippen LogP contribution is 2.13. The van der Waals surface area contributed by atoms with Gasteiger partial charge in [0, 0.05) is 17.3 Å². The van der Waals surface area contributed by atoms with E-state index in [2.05, 4.69) is 19.2 Å². The van der Waals surface area contributed by atoms with Crippen molar-refractivity contribution in [2.24, 2.45) is 5.92 Å². The first-order chi connectivity index (χ1) is 6.18. The lowest BCUT2D eigenvalue weighted by Gasteiger charge is -2.07. The van der Waals surface area contributed by atoms with Gasteiger partial charge in [-0.2, -0.15) is 0 Å². The molecule has 0 atom stereocenters. The van der Waals surface area contributed by atoms with Crippen molar-refractivity contribution in [3.63, 3.8) is 0 Å². The molecule has 0 heterocycles. The number of halogens is 1. The third kappa shape index (κ3) is 4.18. The molecule has 0 unspecified atom stereocenters. The minimum absolute atomic E-state index is 0.750. The second-order valence-corrected chi connectivity index (χ2v) is 4.05. The lowest BCUT2D eigenvalue weighted by molar-refractivity contribution is 0.607. The maximum Gasteiger partial charge on any atom is 0.0407 e. The Morgan fingerprint density at radius 3 is 2.38 bits per heavy atom. The van der Waals surface area contributed by atoms with E-state index in [1.165, 1.54) is 6.42 Å². The van der Waals surface area contributed by atoms with Gasteiger partial charge in [-0.1, -0.05) is 25.4 Å². The molecule has 0 spiro atoms. The highest BCUT2D eigenvalue weighted by molar-refractivity contribution is 6.30. The molecular weight excluding hydrogens is 182 g/mol. The number of rotatable bonds is 4. The zero-order chi connectivity index (χ0) is 9.68. The van der Waals surface area contributed by atoms with Crippen LogP contribution in [0.2, 0.25) is 5.02 Å². The molecule has 13 heavy (non-hydrogen) atoms. The third-order valence-corrected chi connectivity index (χ3v) is 2.15. The molecule has 0 radical (unpaired) electrons. The van der Waals surface area contributed by atoms with Gasteiger partial charge in [0.15, 0.2) is 0 Å². The van der Waals surface area contributed by atoms with E-state index in [9.17, 15) is 0 Å². The second-order valence-electron chi connectivity index (χ2n) is 3.62. The Morgan fingerprint density at radius 1 is 1.23 bits per heavy atom. The largest absolute Gasteiger partial charge is 0.385 e. The highest BCUT2D eigenvalue weighted by atomic mass is 35.5. The van der Waals surface area contributed by atoms with Crippen molar-refractivity contribution >= 4 is 17.3 Å². The molecule has 72 valence electrons. The van der Waals surface area contributed by atoms with Crippen LogP contribution in [0.1, 0.15) is 20.3 Å². The van der Waals surface area contributed by atoms with E-state index in [4.69, 9.17) is 11.6 Å². The number of hydrogen-bond donors (Lipinski definition) is 1. The van der Waals surface area contributed by atoms with Crippen LogP contribution in [0.5, 0.6) is 0 Å². The summed E-state index contributed by atoms with van der Waals surface area (Å²) in [6.07, 6.45) is 1.20. The molecule has 0 amide bonds. The summed E-state index contributed by atoms with van der Waals surface area (Å²) in [5.41, 5.74) is 1.14. The Morgan fingerprint density at radius 2 is 1.85 bits per heavy atom. The summed E-state index contributed by atoms with van der Waals surface area (Å²) in [6, 6.07) is 7.81. The van der Waals surface area contributed by atoms with Gasteiger partial charge in [-0.25, -0.2) is 0 Å². The lowest BCUT2D eigenvalue weighted by Crippen LogP contribution is -2.04. The van der Waals surface area contributed by atoms with E-state index in [-0.39, 0.29) is 0 Å². The topological polar surface area (TPSA) is 12.0 Å². The fraction of sp³-hybridized carbons (Fsp3) is 0.455. The fourth-order valence-electron chi connectivity index (χ4n) is 1.07. The molecule has 0 aliphatic carbocycles. The van der Waals surface area contributed by atoms with E-state index < -0.39 is 0 Å². The van der Waals surface area contributed by atoms with Crippen LogP contribution < -0.4 is 5.32 Å². The van der Waals surface area contributed by atoms with Crippen molar-refractivity contribution < 1.29 is 0 Å². The molecule has 0 bridgehead atoms. The van der Waals surface area contributed by atoms with Crippen LogP contribution >= 0.6 is 11.6 Å². The summed E-state index contributed by atoms with van der Waals surface area (Å²) in [4.78, 5) is 0. The average Bonchev–Trinajstić information content (AvgIpc) is 2.08. The van der Waals surface area contributed by atoms with Gasteiger partial charge in [0.2, 0.25) is 0 Å². The molecule has 1 rings (SSSR count). The van der Waals surface area contributed by atoms with Crippen LogP contribution in [0.3, 0.4) is 0 Å². The predicted octanol–water partition coefficient (Wildman–Crippen LogP) is 3.80. The van der Waals surface area contributed by atoms with Crippen LogP contribution in [0, 0.1) is 5.92 Å². The molecule has 1 nitrogen and oxygen atoms in total. The van der Waals surface area contributed by atoms with Gasteiger partial charge < -0.3 is 5.32 Å². The first-order valence-corrected chi connectivity index (χ1v) is 5.05. The maximum absolute atomic E-state index is 5.77. The van der Waals surface area contributed by atoms with Gasteiger partial charge in [-0.05, 0) is 36.6 Å². The van der Waals surface area contributed by atoms with Gasteiger partial charge >= 0.3 is 0 Å². The minimum Gasteiger partial charge on any atom is -0.385 e. The summed E-state index contributed by atoms with van der Waals surface area (Å²) >= 11 is 5.77. The predicted molar refractivity (Wildman–Crippen MR) is 59.4 cm³/mol. The fourth-order valence-corrected chi connectivity index (χ4v) is 1.20. The summed E-state index contributed by atoms with van der Waals surface area (Å²) in [7, 11) is 0. The Hall–Kier alpha value is -0.690. The van der Waals surface area contributed by atoms with Crippen LogP contribution in [0.25, 0.3) is 0 Å². The number of hydrogen-bond acceptors (Lipinski definition) is 1. The van der Waals surface area contributed by atoms with Crippen molar-refractivity contribution in [2.75, 3.05) is 11.9 Å². The van der Waals surface area contributed by atoms with Crippen LogP contribution in [0.15, 0.2) is 24.3 Å². The Kier molecular flexibility index (Phi) is 4.10. The Balaban J connectivity index is 2.33. The van der Waals surface area contributed by atoms with Crippen molar-refractivity contribution in [1.82, 2.24) is 0 Å². The molecule has 2 heteroatoms. The standard InChI is InChI=1S/C11H16ClN/c1-9(2)7-8-13-11-5-3-10(12)4-6-11/h3-6,9,13H,7-8H2,1-2H3. The van der Waals surface area contributed by atoms with E-state index in [1.807, 2.05) is 24.3 Å². The Labute approximate surface area is 85.1 Å². The second kappa shape index (κ2) is 5.13. The third-order valence-electron chi connectivity index (χ3n) is 1.90. The zero-order valence-electron chi connectivity index (χ0n) is 8.18. The highest BCUT2D eigenvalue weighted by Gasteiger charge is 1.94. The first kappa shape index (κ1) is 10.4. The average molecular weight is 198 g/mol. The molecular formula is C11H16ClN. The zero-order valence-corrected chi connectivity index (χ0v) is 8.93. The van der Waals surface area contributed by atoms with Gasteiger partial charge in [0.1, 0.15) is 0 Å². The molecule has 1 N–H and O–H groups in total. The molecule has 0 aromatic heterocycles. The smallest absolute Gasteiger partial charge is 0.0407 e. The number of benzene rings is 1. The quantitative estimate of drug-likeness (QED) is 0.775. The summed E-state index contributed by atoms with van der Waals surface area (Å²) in [5.74, 6) is 0.750. The van der Waals surface area contributed by atoms with E-state index in [0.29, 0.717) is 0 Å². The van der Waals surface area contributed by atoms with Crippen LogP contribution in [-0.2, 0) is 0 Å². The number of anilines is 1. The van der Waals surface area contributed by atoms with Crippen LogP contribution in [0.4, 0.5) is 5.69 Å². The molecule has 0 aliphatic heterocycles. The molecule has 0 fully saturated rings. The Bertz CT molecular complexity index is 241. The van der Waals surface area contributed by atoms with Crippen molar-refractivity contribution in [2.45, 2.75) is 20.3 Å². The summed E-state index contributed by atoms with van der Waals surface area (Å²) in [5, 5.41) is 4.13. The summed E-state index contributed by atoms with van der Waals surface area (Å²) in [6.45, 7) is 5.48. The van der Waals surface area contributed by atoms with Gasteiger partial charge in [0.25, 0.3) is 0 Å². The van der Waals surface area contributed by atoms with E-state index in [0.717, 1.165) is 23.2 Å². The molecule has 0 saturated heterocycles. The first-order valence-electron chi connectivity index (χ1n) is 4.68. The van der Waals surface area contributed by atoms with E-state index >= 15 is 0 Å². The van der Waals surface area contributed by atoms with E-state index in [1.54, 1.807) is 0 Å². The maximum atomic E-state index is 5.77.